The Kier molecular flexibility index (Phi) is 4.84. The van der Waals surface area contributed by atoms with E-state index in [0.717, 1.165) is 24.1 Å². The SMILES string of the molecule is Cc1sc(NC(=O)N2CCCCC2CO)c(C(=O)O)c1C. The highest BCUT2D eigenvalue weighted by molar-refractivity contribution is 7.16. The second-order valence-electron chi connectivity index (χ2n) is 5.25. The van der Waals surface area contributed by atoms with E-state index in [2.05, 4.69) is 5.32 Å². The molecule has 2 heterocycles. The summed E-state index contributed by atoms with van der Waals surface area (Å²) in [6, 6.07) is -0.522. The van der Waals surface area contributed by atoms with Crippen LogP contribution in [0.25, 0.3) is 0 Å². The summed E-state index contributed by atoms with van der Waals surface area (Å²) in [4.78, 5) is 26.2. The van der Waals surface area contributed by atoms with Gasteiger partial charge in [0, 0.05) is 11.4 Å². The number of carboxylic acids is 1. The minimum absolute atomic E-state index is 0.0678. The van der Waals surface area contributed by atoms with Crippen molar-refractivity contribution in [3.63, 3.8) is 0 Å². The number of nitrogens with one attached hydrogen (secondary N) is 1. The predicted octanol–water partition coefficient (Wildman–Crippen LogP) is 2.44. The van der Waals surface area contributed by atoms with Gasteiger partial charge in [0.1, 0.15) is 5.00 Å². The minimum atomic E-state index is -1.04. The number of carbonyl (C=O) groups excluding carboxylic acids is 1. The Bertz CT molecular complexity index is 555. The van der Waals surface area contributed by atoms with Crippen molar-refractivity contribution in [2.75, 3.05) is 18.5 Å². The summed E-state index contributed by atoms with van der Waals surface area (Å²) < 4.78 is 0. The number of nitrogens with zero attached hydrogens (tertiary/aromatic N) is 1. The number of aryl methyl sites for hydroxylation is 1. The summed E-state index contributed by atoms with van der Waals surface area (Å²) in [6.45, 7) is 4.09. The average Bonchev–Trinajstić information content (AvgIpc) is 2.73. The molecule has 0 spiro atoms. The number of anilines is 1. The van der Waals surface area contributed by atoms with Crippen LogP contribution in [0.2, 0.25) is 0 Å². The molecule has 0 radical (unpaired) electrons. The van der Waals surface area contributed by atoms with E-state index in [0.29, 0.717) is 17.1 Å². The van der Waals surface area contributed by atoms with E-state index in [1.54, 1.807) is 11.8 Å². The monoisotopic (exact) mass is 312 g/mol. The first-order chi connectivity index (χ1) is 9.95. The fraction of sp³-hybridized carbons (Fsp3) is 0.571. The molecule has 1 aliphatic heterocycles. The van der Waals surface area contributed by atoms with Gasteiger partial charge in [0.05, 0.1) is 18.2 Å². The lowest BCUT2D eigenvalue weighted by atomic mass is 10.0. The minimum Gasteiger partial charge on any atom is -0.478 e. The Morgan fingerprint density at radius 1 is 1.38 bits per heavy atom. The number of piperidine rings is 1. The van der Waals surface area contributed by atoms with Gasteiger partial charge in [-0.3, -0.25) is 5.32 Å². The summed E-state index contributed by atoms with van der Waals surface area (Å²) in [5, 5.41) is 21.7. The molecule has 1 aromatic heterocycles. The third kappa shape index (κ3) is 3.19. The summed E-state index contributed by atoms with van der Waals surface area (Å²) in [5.41, 5.74) is 0.837. The number of aliphatic hydroxyl groups excluding tert-OH is 1. The Balaban J connectivity index is 2.19. The normalized spacial score (nSPS) is 18.6. The molecule has 2 amide bonds. The molecule has 1 atom stereocenters. The van der Waals surface area contributed by atoms with Crippen molar-refractivity contribution in [3.05, 3.63) is 16.0 Å². The summed E-state index contributed by atoms with van der Waals surface area (Å²) in [5.74, 6) is -1.04. The van der Waals surface area contributed by atoms with Crippen LogP contribution in [0.1, 0.15) is 40.1 Å². The van der Waals surface area contributed by atoms with E-state index in [1.165, 1.54) is 11.3 Å². The molecule has 1 aliphatic rings. The molecular weight excluding hydrogens is 292 g/mol. The van der Waals surface area contributed by atoms with Crippen LogP contribution in [-0.2, 0) is 0 Å². The van der Waals surface area contributed by atoms with Crippen LogP contribution in [0.15, 0.2) is 0 Å². The third-order valence-corrected chi connectivity index (χ3v) is 5.04. The number of aromatic carboxylic acids is 1. The molecule has 0 aromatic carbocycles. The van der Waals surface area contributed by atoms with Crippen molar-refractivity contribution in [2.45, 2.75) is 39.2 Å². The molecule has 116 valence electrons. The lowest BCUT2D eigenvalue weighted by Crippen LogP contribution is -2.47. The number of hydrogen-bond donors (Lipinski definition) is 3. The maximum absolute atomic E-state index is 12.3. The number of hydrogen-bond acceptors (Lipinski definition) is 4. The fourth-order valence-corrected chi connectivity index (χ4v) is 3.64. The Labute approximate surface area is 127 Å². The second kappa shape index (κ2) is 6.44. The molecule has 0 saturated carbocycles. The van der Waals surface area contributed by atoms with E-state index >= 15 is 0 Å². The largest absolute Gasteiger partial charge is 0.478 e. The van der Waals surface area contributed by atoms with Gasteiger partial charge in [-0.15, -0.1) is 11.3 Å². The maximum atomic E-state index is 12.3. The molecule has 1 unspecified atom stereocenters. The van der Waals surface area contributed by atoms with E-state index < -0.39 is 5.97 Å². The molecule has 1 fully saturated rings. The topological polar surface area (TPSA) is 89.9 Å². The highest BCUT2D eigenvalue weighted by Gasteiger charge is 2.28. The van der Waals surface area contributed by atoms with Gasteiger partial charge in [0.15, 0.2) is 0 Å². The lowest BCUT2D eigenvalue weighted by molar-refractivity contribution is 0.0697. The van der Waals surface area contributed by atoms with Crippen LogP contribution >= 0.6 is 11.3 Å². The number of amides is 2. The number of likely N-dealkylation sites (tertiary alicyclic amines) is 1. The summed E-state index contributed by atoms with van der Waals surface area (Å²) in [6.07, 6.45) is 2.67. The number of carbonyl (C=O) groups is 2. The number of thiophene rings is 1. The standard InChI is InChI=1S/C14H20N2O4S/c1-8-9(2)21-12(11(8)13(18)19)15-14(20)16-6-4-3-5-10(16)7-17/h10,17H,3-7H2,1-2H3,(H,15,20)(H,18,19). The molecule has 2 rings (SSSR count). The second-order valence-corrected chi connectivity index (χ2v) is 6.47. The third-order valence-electron chi connectivity index (χ3n) is 3.92. The van der Waals surface area contributed by atoms with Crippen LogP contribution in [0.5, 0.6) is 0 Å². The Morgan fingerprint density at radius 2 is 2.10 bits per heavy atom. The van der Waals surface area contributed by atoms with Crippen LogP contribution in [0.3, 0.4) is 0 Å². The van der Waals surface area contributed by atoms with Crippen LogP contribution in [0.4, 0.5) is 9.80 Å². The van der Waals surface area contributed by atoms with E-state index in [1.807, 2.05) is 6.92 Å². The van der Waals surface area contributed by atoms with Gasteiger partial charge < -0.3 is 15.1 Å². The number of aliphatic hydroxyl groups is 1. The molecule has 1 saturated heterocycles. The van der Waals surface area contributed by atoms with Gasteiger partial charge in [0.2, 0.25) is 0 Å². The lowest BCUT2D eigenvalue weighted by Gasteiger charge is -2.34. The van der Waals surface area contributed by atoms with Crippen LogP contribution in [-0.4, -0.2) is 46.3 Å². The van der Waals surface area contributed by atoms with Crippen molar-refractivity contribution in [1.82, 2.24) is 4.90 Å². The predicted molar refractivity (Wildman–Crippen MR) is 81.2 cm³/mol. The molecule has 7 heteroatoms. The smallest absolute Gasteiger partial charge is 0.338 e. The molecule has 0 aliphatic carbocycles. The van der Waals surface area contributed by atoms with Crippen molar-refractivity contribution < 1.29 is 19.8 Å². The molecule has 1 aromatic rings. The molecule has 21 heavy (non-hydrogen) atoms. The van der Waals surface area contributed by atoms with Crippen molar-refractivity contribution in [3.8, 4) is 0 Å². The van der Waals surface area contributed by atoms with E-state index in [4.69, 9.17) is 0 Å². The number of carboxylic acid groups (broad SMARTS) is 1. The Morgan fingerprint density at radius 3 is 2.71 bits per heavy atom. The van der Waals surface area contributed by atoms with E-state index in [9.17, 15) is 19.8 Å². The van der Waals surface area contributed by atoms with Crippen LogP contribution < -0.4 is 5.32 Å². The van der Waals surface area contributed by atoms with Crippen molar-refractivity contribution in [2.24, 2.45) is 0 Å². The van der Waals surface area contributed by atoms with Gasteiger partial charge in [-0.2, -0.15) is 0 Å². The quantitative estimate of drug-likeness (QED) is 0.799. The zero-order chi connectivity index (χ0) is 15.6. The molecule has 6 nitrogen and oxygen atoms in total. The maximum Gasteiger partial charge on any atom is 0.338 e. The van der Waals surface area contributed by atoms with Gasteiger partial charge in [0.25, 0.3) is 0 Å². The summed E-state index contributed by atoms with van der Waals surface area (Å²) >= 11 is 1.27. The van der Waals surface area contributed by atoms with Gasteiger partial charge in [-0.25, -0.2) is 9.59 Å². The zero-order valence-corrected chi connectivity index (χ0v) is 13.0. The average molecular weight is 312 g/mol. The molecular formula is C14H20N2O4S. The fourth-order valence-electron chi connectivity index (χ4n) is 2.60. The number of urea groups is 1. The van der Waals surface area contributed by atoms with Gasteiger partial charge in [-0.05, 0) is 38.7 Å². The van der Waals surface area contributed by atoms with Gasteiger partial charge >= 0.3 is 12.0 Å². The first-order valence-corrected chi connectivity index (χ1v) is 7.79. The van der Waals surface area contributed by atoms with Gasteiger partial charge in [-0.1, -0.05) is 0 Å². The molecule has 3 N–H and O–H groups in total. The van der Waals surface area contributed by atoms with Crippen LogP contribution in [0, 0.1) is 13.8 Å². The highest BCUT2D eigenvalue weighted by Crippen LogP contribution is 2.33. The van der Waals surface area contributed by atoms with E-state index in [-0.39, 0.29) is 24.2 Å². The zero-order valence-electron chi connectivity index (χ0n) is 12.2. The highest BCUT2D eigenvalue weighted by atomic mass is 32.1. The Hall–Kier alpha value is -1.60. The summed E-state index contributed by atoms with van der Waals surface area (Å²) in [7, 11) is 0. The molecule has 0 bridgehead atoms. The first kappa shape index (κ1) is 15.8. The van der Waals surface area contributed by atoms with Crippen molar-refractivity contribution in [1.29, 1.82) is 0 Å². The van der Waals surface area contributed by atoms with Crippen molar-refractivity contribution >= 4 is 28.3 Å². The number of rotatable bonds is 3. The first-order valence-electron chi connectivity index (χ1n) is 6.97.